The van der Waals surface area contributed by atoms with E-state index in [1.54, 1.807) is 24.3 Å². The molecule has 10 nitrogen and oxygen atoms in total. The highest BCUT2D eigenvalue weighted by Crippen LogP contribution is 2.32. The molecule has 40 heavy (non-hydrogen) atoms. The molecule has 218 valence electrons. The summed E-state index contributed by atoms with van der Waals surface area (Å²) in [6, 6.07) is 10.9. The van der Waals surface area contributed by atoms with Gasteiger partial charge in [0.25, 0.3) is 5.91 Å². The fourth-order valence-corrected chi connectivity index (χ4v) is 8.80. The van der Waals surface area contributed by atoms with Crippen molar-refractivity contribution in [1.82, 2.24) is 8.61 Å². The lowest BCUT2D eigenvalue weighted by Gasteiger charge is -2.31. The number of anilines is 2. The normalized spacial score (nSPS) is 21.7. The van der Waals surface area contributed by atoms with Crippen LogP contribution in [0.3, 0.4) is 0 Å². The number of hydrogen-bond acceptors (Lipinski definition) is 7. The molecule has 0 spiro atoms. The molecule has 0 radical (unpaired) electrons. The first-order chi connectivity index (χ1) is 19.2. The van der Waals surface area contributed by atoms with Crippen LogP contribution < -0.4 is 10.2 Å². The van der Waals surface area contributed by atoms with E-state index in [2.05, 4.69) is 10.2 Å². The fourth-order valence-electron chi connectivity index (χ4n) is 5.62. The van der Waals surface area contributed by atoms with E-state index in [1.807, 2.05) is 6.92 Å². The number of amides is 1. The number of sulfonamides is 2. The highest BCUT2D eigenvalue weighted by molar-refractivity contribution is 7.89. The van der Waals surface area contributed by atoms with Crippen molar-refractivity contribution in [2.75, 3.05) is 62.7 Å². The summed E-state index contributed by atoms with van der Waals surface area (Å²) in [5.74, 6) is -0.229. The first kappa shape index (κ1) is 29.0. The van der Waals surface area contributed by atoms with Crippen LogP contribution in [0, 0.1) is 5.92 Å². The molecule has 2 aromatic rings. The predicted molar refractivity (Wildman–Crippen MR) is 154 cm³/mol. The number of carbonyl (C=O) groups is 1. The van der Waals surface area contributed by atoms with Gasteiger partial charge in [-0.3, -0.25) is 4.79 Å². The van der Waals surface area contributed by atoms with E-state index in [4.69, 9.17) is 4.74 Å². The van der Waals surface area contributed by atoms with E-state index in [0.717, 1.165) is 32.1 Å². The van der Waals surface area contributed by atoms with Gasteiger partial charge in [-0.05, 0) is 68.0 Å². The number of carbonyl (C=O) groups excluding carboxylic acids is 1. The first-order valence-corrected chi connectivity index (χ1v) is 16.9. The number of piperidine rings is 2. The van der Waals surface area contributed by atoms with Gasteiger partial charge in [-0.25, -0.2) is 16.8 Å². The van der Waals surface area contributed by atoms with Crippen molar-refractivity contribution in [1.29, 1.82) is 0 Å². The molecule has 3 fully saturated rings. The molecular weight excluding hydrogens is 552 g/mol. The number of morpholine rings is 1. The molecule has 12 heteroatoms. The van der Waals surface area contributed by atoms with Gasteiger partial charge in [-0.2, -0.15) is 8.61 Å². The van der Waals surface area contributed by atoms with Crippen molar-refractivity contribution >= 4 is 37.3 Å². The summed E-state index contributed by atoms with van der Waals surface area (Å²) in [5, 5.41) is 2.89. The summed E-state index contributed by atoms with van der Waals surface area (Å²) < 4.78 is 62.0. The van der Waals surface area contributed by atoms with Gasteiger partial charge in [0.15, 0.2) is 0 Å². The maximum atomic E-state index is 13.5. The SMILES string of the molecule is C[C@@H]1CCCN(S(=O)(=O)c2cccc(C(=O)Nc3cc(S(=O)(=O)N4CCCCC4)ccc3N3CCOCC3)c2)C1. The Kier molecular flexibility index (Phi) is 8.81. The van der Waals surface area contributed by atoms with Crippen LogP contribution in [0.5, 0.6) is 0 Å². The van der Waals surface area contributed by atoms with E-state index < -0.39 is 26.0 Å². The lowest BCUT2D eigenvalue weighted by molar-refractivity contribution is 0.102. The minimum Gasteiger partial charge on any atom is -0.378 e. The van der Waals surface area contributed by atoms with Gasteiger partial charge in [0.1, 0.15) is 0 Å². The zero-order chi connectivity index (χ0) is 28.3. The van der Waals surface area contributed by atoms with Crippen LogP contribution >= 0.6 is 0 Å². The van der Waals surface area contributed by atoms with Crippen LogP contribution in [0.4, 0.5) is 11.4 Å². The topological polar surface area (TPSA) is 116 Å². The summed E-state index contributed by atoms with van der Waals surface area (Å²) >= 11 is 0. The standard InChI is InChI=1S/C28H38N4O6S2/c1-22-7-6-14-32(21-22)40(36,37)24-9-5-8-23(19-24)28(33)29-26-20-25(39(34,35)31-12-3-2-4-13-31)10-11-27(26)30-15-17-38-18-16-30/h5,8-11,19-20,22H,2-4,6-7,12-18,21H2,1H3,(H,29,33)/t22-/m1/s1. The third-order valence-electron chi connectivity index (χ3n) is 7.87. The van der Waals surface area contributed by atoms with Crippen LogP contribution in [0.15, 0.2) is 52.3 Å². The Bertz CT molecular complexity index is 1430. The monoisotopic (exact) mass is 590 g/mol. The van der Waals surface area contributed by atoms with Crippen LogP contribution in [0.25, 0.3) is 0 Å². The highest BCUT2D eigenvalue weighted by Gasteiger charge is 2.30. The summed E-state index contributed by atoms with van der Waals surface area (Å²) in [6.45, 7) is 6.17. The quantitative estimate of drug-likeness (QED) is 0.526. The van der Waals surface area contributed by atoms with Crippen LogP contribution in [0.1, 0.15) is 49.4 Å². The molecule has 0 aromatic heterocycles. The van der Waals surface area contributed by atoms with E-state index in [-0.39, 0.29) is 21.3 Å². The molecule has 1 amide bonds. The molecule has 0 aliphatic carbocycles. The van der Waals surface area contributed by atoms with E-state index in [0.29, 0.717) is 63.9 Å². The van der Waals surface area contributed by atoms with E-state index in [9.17, 15) is 21.6 Å². The molecule has 0 bridgehead atoms. The number of hydrogen-bond donors (Lipinski definition) is 1. The van der Waals surface area contributed by atoms with Crippen LogP contribution in [-0.4, -0.2) is 83.8 Å². The van der Waals surface area contributed by atoms with Crippen molar-refractivity contribution in [3.8, 4) is 0 Å². The zero-order valence-electron chi connectivity index (χ0n) is 22.9. The van der Waals surface area contributed by atoms with Gasteiger partial charge >= 0.3 is 0 Å². The number of ether oxygens (including phenoxy) is 1. The number of benzene rings is 2. The van der Waals surface area contributed by atoms with Gasteiger partial charge in [0, 0.05) is 44.8 Å². The van der Waals surface area contributed by atoms with Gasteiger partial charge in [0.2, 0.25) is 20.0 Å². The van der Waals surface area contributed by atoms with Gasteiger partial charge in [-0.1, -0.05) is 19.4 Å². The third kappa shape index (κ3) is 6.20. The molecule has 1 N–H and O–H groups in total. The average molecular weight is 591 g/mol. The second kappa shape index (κ2) is 12.2. The zero-order valence-corrected chi connectivity index (χ0v) is 24.6. The number of nitrogens with one attached hydrogen (secondary N) is 1. The van der Waals surface area contributed by atoms with Crippen LogP contribution in [0.2, 0.25) is 0 Å². The molecule has 3 saturated heterocycles. The second-order valence-electron chi connectivity index (χ2n) is 10.8. The Morgan fingerprint density at radius 3 is 2.23 bits per heavy atom. The molecular formula is C28H38N4O6S2. The minimum atomic E-state index is -3.74. The lowest BCUT2D eigenvalue weighted by Crippen LogP contribution is -2.39. The number of rotatable bonds is 7. The van der Waals surface area contributed by atoms with Crippen molar-refractivity contribution in [2.45, 2.75) is 48.8 Å². The van der Waals surface area contributed by atoms with Crippen molar-refractivity contribution < 1.29 is 26.4 Å². The molecule has 2 aromatic carbocycles. The molecule has 0 unspecified atom stereocenters. The molecule has 3 aliphatic heterocycles. The highest BCUT2D eigenvalue weighted by atomic mass is 32.2. The van der Waals surface area contributed by atoms with E-state index >= 15 is 0 Å². The summed E-state index contributed by atoms with van der Waals surface area (Å²) in [7, 11) is -7.46. The molecule has 1 atom stereocenters. The van der Waals surface area contributed by atoms with Crippen molar-refractivity contribution in [3.63, 3.8) is 0 Å². The summed E-state index contributed by atoms with van der Waals surface area (Å²) in [6.07, 6.45) is 4.46. The lowest BCUT2D eigenvalue weighted by atomic mass is 10.0. The summed E-state index contributed by atoms with van der Waals surface area (Å²) in [5.41, 5.74) is 1.24. The maximum Gasteiger partial charge on any atom is 0.255 e. The maximum absolute atomic E-state index is 13.5. The Hall–Kier alpha value is -2.51. The largest absolute Gasteiger partial charge is 0.378 e. The molecule has 3 heterocycles. The second-order valence-corrected chi connectivity index (χ2v) is 14.7. The fraction of sp³-hybridized carbons (Fsp3) is 0.536. The Balaban J connectivity index is 1.44. The van der Waals surface area contributed by atoms with Crippen molar-refractivity contribution in [3.05, 3.63) is 48.0 Å². The molecule has 5 rings (SSSR count). The number of nitrogens with zero attached hydrogens (tertiary/aromatic N) is 3. The van der Waals surface area contributed by atoms with Gasteiger partial charge < -0.3 is 15.0 Å². The minimum absolute atomic E-state index is 0.0732. The van der Waals surface area contributed by atoms with Crippen molar-refractivity contribution in [2.24, 2.45) is 5.92 Å². The smallest absolute Gasteiger partial charge is 0.255 e. The van der Waals surface area contributed by atoms with E-state index in [1.165, 1.54) is 26.8 Å². The van der Waals surface area contributed by atoms with Crippen LogP contribution in [-0.2, 0) is 24.8 Å². The Morgan fingerprint density at radius 1 is 0.825 bits per heavy atom. The van der Waals surface area contributed by atoms with Gasteiger partial charge in [-0.15, -0.1) is 0 Å². The predicted octanol–water partition coefficient (Wildman–Crippen LogP) is 3.37. The third-order valence-corrected chi connectivity index (χ3v) is 11.6. The summed E-state index contributed by atoms with van der Waals surface area (Å²) in [4.78, 5) is 15.7. The Morgan fingerprint density at radius 2 is 1.50 bits per heavy atom. The molecule has 0 saturated carbocycles. The first-order valence-electron chi connectivity index (χ1n) is 14.0. The average Bonchev–Trinajstić information content (AvgIpc) is 2.98. The van der Waals surface area contributed by atoms with Gasteiger partial charge in [0.05, 0.1) is 34.4 Å². The Labute approximate surface area is 237 Å². The molecule has 3 aliphatic rings.